The molecule has 0 spiro atoms. The molecule has 2 nitrogen and oxygen atoms in total. The van der Waals surface area contributed by atoms with Gasteiger partial charge in [0.05, 0.1) is 6.04 Å². The average Bonchev–Trinajstić information content (AvgIpc) is 1.86. The van der Waals surface area contributed by atoms with Crippen LogP contribution in [0.25, 0.3) is 0 Å². The number of hydrogen-bond acceptors (Lipinski definition) is 3. The van der Waals surface area contributed by atoms with E-state index in [9.17, 15) is 4.79 Å². The summed E-state index contributed by atoms with van der Waals surface area (Å²) in [5.41, 5.74) is 5.53. The molecule has 0 rings (SSSR count). The van der Waals surface area contributed by atoms with Gasteiger partial charge in [-0.15, -0.1) is 0 Å². The maximum Gasteiger partial charge on any atom is 0.147 e. The van der Waals surface area contributed by atoms with Crippen LogP contribution in [0.3, 0.4) is 0 Å². The van der Waals surface area contributed by atoms with Crippen LogP contribution in [0.2, 0.25) is 0 Å². The Morgan fingerprint density at radius 3 is 2.36 bits per heavy atom. The van der Waals surface area contributed by atoms with Crippen molar-refractivity contribution in [3.8, 4) is 0 Å². The second-order valence-corrected chi connectivity index (χ2v) is 4.22. The fraction of sp³-hybridized carbons (Fsp3) is 0.875. The van der Waals surface area contributed by atoms with E-state index in [1.165, 1.54) is 0 Å². The van der Waals surface area contributed by atoms with Crippen LogP contribution in [0.1, 0.15) is 20.8 Å². The number of carbonyl (C=O) groups is 1. The van der Waals surface area contributed by atoms with E-state index < -0.39 is 0 Å². The second kappa shape index (κ2) is 5.61. The first kappa shape index (κ1) is 11.0. The maximum absolute atomic E-state index is 10.7. The molecule has 0 radical (unpaired) electrons. The van der Waals surface area contributed by atoms with Crippen molar-refractivity contribution in [2.45, 2.75) is 26.8 Å². The van der Waals surface area contributed by atoms with Gasteiger partial charge in [0, 0.05) is 5.75 Å². The van der Waals surface area contributed by atoms with Gasteiger partial charge in [-0.25, -0.2) is 0 Å². The normalized spacial score (nSPS) is 13.5. The summed E-state index contributed by atoms with van der Waals surface area (Å²) in [5.74, 6) is 2.61. The monoisotopic (exact) mass is 175 g/mol. The first-order valence-corrected chi connectivity index (χ1v) is 5.03. The topological polar surface area (TPSA) is 43.1 Å². The molecule has 0 aromatic rings. The van der Waals surface area contributed by atoms with Crippen molar-refractivity contribution in [1.29, 1.82) is 0 Å². The molecule has 0 amide bonds. The molecule has 1 atom stereocenters. The first-order chi connectivity index (χ1) is 5.04. The zero-order valence-electron chi connectivity index (χ0n) is 7.46. The summed E-state index contributed by atoms with van der Waals surface area (Å²) in [6.45, 7) is 5.86. The minimum Gasteiger partial charge on any atom is -0.321 e. The SMILES string of the molecule is CC(=O)C(N)CSCC(C)C. The van der Waals surface area contributed by atoms with Crippen molar-refractivity contribution in [1.82, 2.24) is 0 Å². The number of thioether (sulfide) groups is 1. The van der Waals surface area contributed by atoms with Crippen LogP contribution >= 0.6 is 11.8 Å². The number of Topliss-reactive ketones (excluding diaryl/α,β-unsaturated/α-hetero) is 1. The fourth-order valence-electron chi connectivity index (χ4n) is 0.548. The Labute approximate surface area is 72.9 Å². The van der Waals surface area contributed by atoms with Gasteiger partial charge in [-0.3, -0.25) is 4.79 Å². The lowest BCUT2D eigenvalue weighted by Gasteiger charge is -2.08. The Morgan fingerprint density at radius 2 is 2.00 bits per heavy atom. The number of nitrogens with two attached hydrogens (primary N) is 1. The zero-order chi connectivity index (χ0) is 8.85. The van der Waals surface area contributed by atoms with E-state index >= 15 is 0 Å². The van der Waals surface area contributed by atoms with E-state index in [2.05, 4.69) is 13.8 Å². The summed E-state index contributed by atoms with van der Waals surface area (Å²) < 4.78 is 0. The van der Waals surface area contributed by atoms with Gasteiger partial charge in [-0.05, 0) is 18.6 Å². The second-order valence-electron chi connectivity index (χ2n) is 3.15. The third-order valence-electron chi connectivity index (χ3n) is 1.27. The Kier molecular flexibility index (Phi) is 5.60. The molecule has 0 aliphatic heterocycles. The van der Waals surface area contributed by atoms with Crippen LogP contribution in [0, 0.1) is 5.92 Å². The number of rotatable bonds is 5. The average molecular weight is 175 g/mol. The molecule has 0 aromatic heterocycles. The third kappa shape index (κ3) is 6.38. The highest BCUT2D eigenvalue weighted by Gasteiger charge is 2.07. The number of hydrogen-bond donors (Lipinski definition) is 1. The van der Waals surface area contributed by atoms with Gasteiger partial charge in [-0.2, -0.15) is 11.8 Å². The molecule has 0 aliphatic rings. The fourth-order valence-corrected chi connectivity index (χ4v) is 1.64. The van der Waals surface area contributed by atoms with Gasteiger partial charge >= 0.3 is 0 Å². The molecular formula is C8H17NOS. The van der Waals surface area contributed by atoms with E-state index in [1.807, 2.05) is 0 Å². The highest BCUT2D eigenvalue weighted by Crippen LogP contribution is 2.08. The molecule has 0 saturated carbocycles. The molecule has 3 heteroatoms. The molecule has 66 valence electrons. The molecule has 0 aliphatic carbocycles. The molecular weight excluding hydrogens is 158 g/mol. The molecule has 2 N–H and O–H groups in total. The van der Waals surface area contributed by atoms with Crippen LogP contribution in [0.4, 0.5) is 0 Å². The van der Waals surface area contributed by atoms with Crippen LogP contribution in [-0.4, -0.2) is 23.3 Å². The van der Waals surface area contributed by atoms with E-state index in [1.54, 1.807) is 18.7 Å². The summed E-state index contributed by atoms with van der Waals surface area (Å²) >= 11 is 1.75. The summed E-state index contributed by atoms with van der Waals surface area (Å²) in [4.78, 5) is 10.7. The Bertz CT molecular complexity index is 125. The predicted molar refractivity (Wildman–Crippen MR) is 50.8 cm³/mol. The van der Waals surface area contributed by atoms with Gasteiger partial charge < -0.3 is 5.73 Å². The van der Waals surface area contributed by atoms with Crippen molar-refractivity contribution in [2.75, 3.05) is 11.5 Å². The van der Waals surface area contributed by atoms with Crippen LogP contribution < -0.4 is 5.73 Å². The standard InChI is InChI=1S/C8H17NOS/c1-6(2)4-11-5-8(9)7(3)10/h6,8H,4-5,9H2,1-3H3. The lowest BCUT2D eigenvalue weighted by atomic mass is 10.3. The number of carbonyl (C=O) groups excluding carboxylic acids is 1. The maximum atomic E-state index is 10.7. The smallest absolute Gasteiger partial charge is 0.147 e. The predicted octanol–water partition coefficient (Wildman–Crippen LogP) is 1.29. The van der Waals surface area contributed by atoms with E-state index in [0.717, 1.165) is 11.5 Å². The molecule has 0 fully saturated rings. The largest absolute Gasteiger partial charge is 0.321 e. The van der Waals surface area contributed by atoms with Crippen molar-refractivity contribution in [2.24, 2.45) is 11.7 Å². The van der Waals surface area contributed by atoms with Gasteiger partial charge in [0.1, 0.15) is 5.78 Å². The molecule has 0 heterocycles. The number of ketones is 1. The van der Waals surface area contributed by atoms with Gasteiger partial charge in [0.2, 0.25) is 0 Å². The molecule has 0 bridgehead atoms. The van der Waals surface area contributed by atoms with E-state index in [-0.39, 0.29) is 11.8 Å². The zero-order valence-corrected chi connectivity index (χ0v) is 8.28. The van der Waals surface area contributed by atoms with Crippen molar-refractivity contribution >= 4 is 17.5 Å². The third-order valence-corrected chi connectivity index (χ3v) is 2.77. The molecule has 11 heavy (non-hydrogen) atoms. The highest BCUT2D eigenvalue weighted by molar-refractivity contribution is 7.99. The summed E-state index contributed by atoms with van der Waals surface area (Å²) in [7, 11) is 0. The molecule has 0 saturated heterocycles. The van der Waals surface area contributed by atoms with Crippen molar-refractivity contribution in [3.63, 3.8) is 0 Å². The summed E-state index contributed by atoms with van der Waals surface area (Å²) in [5, 5.41) is 0. The lowest BCUT2D eigenvalue weighted by molar-refractivity contribution is -0.117. The minimum absolute atomic E-state index is 0.0845. The van der Waals surface area contributed by atoms with Gasteiger partial charge in [-0.1, -0.05) is 13.8 Å². The molecule has 1 unspecified atom stereocenters. The van der Waals surface area contributed by atoms with Gasteiger partial charge in [0.15, 0.2) is 0 Å². The van der Waals surface area contributed by atoms with Crippen molar-refractivity contribution in [3.05, 3.63) is 0 Å². The first-order valence-electron chi connectivity index (χ1n) is 3.87. The Hall–Kier alpha value is -0.0200. The summed E-state index contributed by atoms with van der Waals surface area (Å²) in [6.07, 6.45) is 0. The van der Waals surface area contributed by atoms with Gasteiger partial charge in [0.25, 0.3) is 0 Å². The van der Waals surface area contributed by atoms with Crippen LogP contribution in [0.15, 0.2) is 0 Å². The van der Waals surface area contributed by atoms with Crippen LogP contribution in [-0.2, 0) is 4.79 Å². The highest BCUT2D eigenvalue weighted by atomic mass is 32.2. The Balaban J connectivity index is 3.31. The van der Waals surface area contributed by atoms with Crippen molar-refractivity contribution < 1.29 is 4.79 Å². The molecule has 0 aromatic carbocycles. The lowest BCUT2D eigenvalue weighted by Crippen LogP contribution is -2.30. The van der Waals surface area contributed by atoms with E-state index in [0.29, 0.717) is 5.92 Å². The van der Waals surface area contributed by atoms with Crippen LogP contribution in [0.5, 0.6) is 0 Å². The minimum atomic E-state index is -0.265. The van der Waals surface area contributed by atoms with E-state index in [4.69, 9.17) is 5.73 Å². The quantitative estimate of drug-likeness (QED) is 0.684. The Morgan fingerprint density at radius 1 is 1.45 bits per heavy atom. The summed E-state index contributed by atoms with van der Waals surface area (Å²) in [6, 6.07) is -0.265.